The molecule has 5 heteroatoms. The Morgan fingerprint density at radius 1 is 1.29 bits per heavy atom. The second-order valence-electron chi connectivity index (χ2n) is 6.08. The molecule has 4 nitrogen and oxygen atoms in total. The van der Waals surface area contributed by atoms with E-state index in [9.17, 15) is 9.90 Å². The van der Waals surface area contributed by atoms with Crippen LogP contribution >= 0.6 is 11.6 Å². The first kappa shape index (κ1) is 16.8. The number of carbonyl (C=O) groups is 1. The Morgan fingerprint density at radius 3 is 2.67 bits per heavy atom. The Balaban J connectivity index is 1.86. The van der Waals surface area contributed by atoms with Crippen molar-refractivity contribution in [2.45, 2.75) is 31.3 Å². The lowest BCUT2D eigenvalue weighted by Gasteiger charge is -2.40. The molecule has 2 N–H and O–H groups in total. The van der Waals surface area contributed by atoms with E-state index >= 15 is 0 Å². The molecule has 0 heterocycles. The number of hydrogen-bond donors (Lipinski definition) is 2. The number of aliphatic hydroxyl groups is 1. The van der Waals surface area contributed by atoms with Crippen LogP contribution in [-0.4, -0.2) is 18.1 Å². The Bertz CT molecular complexity index is 756. The van der Waals surface area contributed by atoms with Crippen molar-refractivity contribution in [2.24, 2.45) is 0 Å². The van der Waals surface area contributed by atoms with Crippen molar-refractivity contribution in [3.05, 3.63) is 58.6 Å². The van der Waals surface area contributed by atoms with Crippen LogP contribution in [0.25, 0.3) is 0 Å². The third-order valence-electron chi connectivity index (χ3n) is 4.73. The highest BCUT2D eigenvalue weighted by Crippen LogP contribution is 2.45. The lowest BCUT2D eigenvalue weighted by atomic mass is 9.64. The van der Waals surface area contributed by atoms with Crippen LogP contribution in [-0.2, 0) is 16.8 Å². The first-order chi connectivity index (χ1) is 11.6. The van der Waals surface area contributed by atoms with Crippen molar-refractivity contribution in [3.63, 3.8) is 0 Å². The zero-order valence-electron chi connectivity index (χ0n) is 13.5. The van der Waals surface area contributed by atoms with Gasteiger partial charge in [-0.05, 0) is 48.7 Å². The van der Waals surface area contributed by atoms with Crippen molar-refractivity contribution in [3.8, 4) is 5.75 Å². The van der Waals surface area contributed by atoms with Gasteiger partial charge < -0.3 is 15.2 Å². The maximum Gasteiger partial charge on any atom is 0.235 e. The van der Waals surface area contributed by atoms with E-state index in [1.165, 1.54) is 0 Å². The topological polar surface area (TPSA) is 58.6 Å². The van der Waals surface area contributed by atoms with Gasteiger partial charge in [-0.1, -0.05) is 30.2 Å². The van der Waals surface area contributed by atoms with Crippen LogP contribution in [0.2, 0.25) is 5.02 Å². The van der Waals surface area contributed by atoms with Crippen molar-refractivity contribution in [1.82, 2.24) is 0 Å². The maximum absolute atomic E-state index is 12.9. The average molecular weight is 346 g/mol. The summed E-state index contributed by atoms with van der Waals surface area (Å²) in [6.07, 6.45) is 2.63. The molecule has 0 saturated heterocycles. The number of halogens is 1. The van der Waals surface area contributed by atoms with Gasteiger partial charge in [-0.2, -0.15) is 0 Å². The fraction of sp³-hybridized carbons (Fsp3) is 0.316. The third kappa shape index (κ3) is 2.99. The standard InChI is InChI=1S/C19H20ClNO3/c1-24-17-7-6-16(10-13(17)12-22)21-18(23)19(8-3-9-19)14-4-2-5-15(20)11-14/h2,4-7,10-11,22H,3,8-9,12H2,1H3,(H,21,23). The van der Waals surface area contributed by atoms with Crippen molar-refractivity contribution in [2.75, 3.05) is 12.4 Å². The zero-order chi connectivity index (χ0) is 17.2. The van der Waals surface area contributed by atoms with Crippen molar-refractivity contribution >= 4 is 23.2 Å². The second kappa shape index (κ2) is 6.83. The average Bonchev–Trinajstić information content (AvgIpc) is 2.53. The summed E-state index contributed by atoms with van der Waals surface area (Å²) in [5.41, 5.74) is 1.72. The van der Waals surface area contributed by atoms with Gasteiger partial charge in [-0.15, -0.1) is 0 Å². The predicted molar refractivity (Wildman–Crippen MR) is 94.5 cm³/mol. The monoisotopic (exact) mass is 345 g/mol. The van der Waals surface area contributed by atoms with E-state index < -0.39 is 5.41 Å². The Hall–Kier alpha value is -2.04. The highest BCUT2D eigenvalue weighted by molar-refractivity contribution is 6.30. The van der Waals surface area contributed by atoms with Gasteiger partial charge in [-0.3, -0.25) is 4.79 Å². The molecule has 24 heavy (non-hydrogen) atoms. The summed E-state index contributed by atoms with van der Waals surface area (Å²) in [5, 5.41) is 13.0. The summed E-state index contributed by atoms with van der Waals surface area (Å²) < 4.78 is 5.19. The van der Waals surface area contributed by atoms with Crippen LogP contribution in [0.5, 0.6) is 5.75 Å². The Labute approximate surface area is 146 Å². The molecule has 1 aliphatic rings. The molecule has 2 aromatic carbocycles. The summed E-state index contributed by atoms with van der Waals surface area (Å²) >= 11 is 6.10. The lowest BCUT2D eigenvalue weighted by Crippen LogP contribution is -2.46. The zero-order valence-corrected chi connectivity index (χ0v) is 14.3. The number of methoxy groups -OCH3 is 1. The summed E-state index contributed by atoms with van der Waals surface area (Å²) in [6.45, 7) is -0.147. The van der Waals surface area contributed by atoms with Crippen LogP contribution in [0.3, 0.4) is 0 Å². The van der Waals surface area contributed by atoms with Gasteiger partial charge in [0.25, 0.3) is 0 Å². The van der Waals surface area contributed by atoms with Gasteiger partial charge in [0, 0.05) is 16.3 Å². The fourth-order valence-electron chi connectivity index (χ4n) is 3.19. The molecule has 1 fully saturated rings. The van der Waals surface area contributed by atoms with Crippen LogP contribution in [0.4, 0.5) is 5.69 Å². The number of nitrogens with one attached hydrogen (secondary N) is 1. The first-order valence-electron chi connectivity index (χ1n) is 7.94. The minimum Gasteiger partial charge on any atom is -0.496 e. The van der Waals surface area contributed by atoms with Crippen LogP contribution in [0, 0.1) is 0 Å². The third-order valence-corrected chi connectivity index (χ3v) is 4.96. The number of carbonyl (C=O) groups excluding carboxylic acids is 1. The van der Waals surface area contributed by atoms with Crippen LogP contribution < -0.4 is 10.1 Å². The fourth-order valence-corrected chi connectivity index (χ4v) is 3.38. The minimum absolute atomic E-state index is 0.0370. The Morgan fingerprint density at radius 2 is 2.08 bits per heavy atom. The molecule has 0 spiro atoms. The molecule has 0 bridgehead atoms. The van der Waals surface area contributed by atoms with Gasteiger partial charge >= 0.3 is 0 Å². The number of benzene rings is 2. The summed E-state index contributed by atoms with van der Waals surface area (Å²) in [4.78, 5) is 12.9. The molecular formula is C19H20ClNO3. The molecule has 0 atom stereocenters. The van der Waals surface area contributed by atoms with E-state index in [2.05, 4.69) is 5.32 Å². The normalized spacial score (nSPS) is 15.5. The van der Waals surface area contributed by atoms with E-state index in [4.69, 9.17) is 16.3 Å². The number of aliphatic hydroxyl groups excluding tert-OH is 1. The van der Waals surface area contributed by atoms with Gasteiger partial charge in [0.15, 0.2) is 0 Å². The number of hydrogen-bond acceptors (Lipinski definition) is 3. The van der Waals surface area contributed by atoms with Gasteiger partial charge in [0.2, 0.25) is 5.91 Å². The quantitative estimate of drug-likeness (QED) is 0.864. The van der Waals surface area contributed by atoms with E-state index in [0.29, 0.717) is 22.0 Å². The number of amides is 1. The van der Waals surface area contributed by atoms with E-state index in [0.717, 1.165) is 24.8 Å². The van der Waals surface area contributed by atoms with E-state index in [1.807, 2.05) is 24.3 Å². The Kier molecular flexibility index (Phi) is 4.78. The molecule has 0 unspecified atom stereocenters. The van der Waals surface area contributed by atoms with Gasteiger partial charge in [-0.25, -0.2) is 0 Å². The second-order valence-corrected chi connectivity index (χ2v) is 6.52. The minimum atomic E-state index is -0.524. The smallest absolute Gasteiger partial charge is 0.235 e. The molecule has 1 aliphatic carbocycles. The molecular weight excluding hydrogens is 326 g/mol. The largest absolute Gasteiger partial charge is 0.496 e. The highest BCUT2D eigenvalue weighted by atomic mass is 35.5. The van der Waals surface area contributed by atoms with E-state index in [-0.39, 0.29) is 12.5 Å². The summed E-state index contributed by atoms with van der Waals surface area (Å²) in [5.74, 6) is 0.564. The van der Waals surface area contributed by atoms with Crippen LogP contribution in [0.1, 0.15) is 30.4 Å². The maximum atomic E-state index is 12.9. The molecule has 0 aliphatic heterocycles. The lowest BCUT2D eigenvalue weighted by molar-refractivity contribution is -0.124. The molecule has 1 amide bonds. The molecule has 0 aromatic heterocycles. The van der Waals surface area contributed by atoms with Crippen molar-refractivity contribution < 1.29 is 14.6 Å². The van der Waals surface area contributed by atoms with Gasteiger partial charge in [0.1, 0.15) is 5.75 Å². The number of anilines is 1. The number of ether oxygens (including phenoxy) is 1. The molecule has 1 saturated carbocycles. The molecule has 126 valence electrons. The van der Waals surface area contributed by atoms with Crippen LogP contribution in [0.15, 0.2) is 42.5 Å². The SMILES string of the molecule is COc1ccc(NC(=O)C2(c3cccc(Cl)c3)CCC2)cc1CO. The van der Waals surface area contributed by atoms with E-state index in [1.54, 1.807) is 25.3 Å². The first-order valence-corrected chi connectivity index (χ1v) is 8.32. The summed E-state index contributed by atoms with van der Waals surface area (Å²) in [7, 11) is 1.55. The highest BCUT2D eigenvalue weighted by Gasteiger charge is 2.45. The number of rotatable bonds is 5. The van der Waals surface area contributed by atoms with Crippen molar-refractivity contribution in [1.29, 1.82) is 0 Å². The summed E-state index contributed by atoms with van der Waals surface area (Å²) in [6, 6.07) is 12.8. The molecule has 2 aromatic rings. The molecule has 0 radical (unpaired) electrons. The van der Waals surface area contributed by atoms with Gasteiger partial charge in [0.05, 0.1) is 19.1 Å². The predicted octanol–water partition coefficient (Wildman–Crippen LogP) is 3.90. The molecule has 3 rings (SSSR count).